The molecule has 194 valence electrons. The summed E-state index contributed by atoms with van der Waals surface area (Å²) in [5.41, 5.74) is 1.81. The van der Waals surface area contributed by atoms with Gasteiger partial charge < -0.3 is 23.7 Å². The predicted molar refractivity (Wildman–Crippen MR) is 148 cm³/mol. The Bertz CT molecular complexity index is 1760. The van der Waals surface area contributed by atoms with Crippen molar-refractivity contribution in [3.8, 4) is 22.9 Å². The minimum atomic E-state index is -0.451. The molecule has 0 saturated carbocycles. The van der Waals surface area contributed by atoms with E-state index in [9.17, 15) is 9.59 Å². The molecule has 9 nitrogen and oxygen atoms in total. The second-order valence-electron chi connectivity index (χ2n) is 8.59. The first-order valence-corrected chi connectivity index (χ1v) is 12.0. The maximum absolute atomic E-state index is 14.1. The van der Waals surface area contributed by atoms with Gasteiger partial charge in [0.25, 0.3) is 11.5 Å². The fraction of sp³-hybridized carbons (Fsp3) is 0.179. The largest absolute Gasteiger partial charge is 0.497 e. The predicted octanol–water partition coefficient (Wildman–Crippen LogP) is 4.83. The number of amides is 1. The summed E-state index contributed by atoms with van der Waals surface area (Å²) in [6, 6.07) is 17.6. The van der Waals surface area contributed by atoms with Crippen LogP contribution in [-0.2, 0) is 7.05 Å². The molecule has 0 bridgehead atoms. The zero-order chi connectivity index (χ0) is 27.1. The highest BCUT2D eigenvalue weighted by Crippen LogP contribution is 2.38. The minimum Gasteiger partial charge on any atom is -0.497 e. The number of para-hydroxylation sites is 1. The van der Waals surface area contributed by atoms with Crippen LogP contribution >= 0.6 is 11.6 Å². The average Bonchev–Trinajstić information content (AvgIpc) is 3.25. The van der Waals surface area contributed by atoms with Crippen molar-refractivity contribution in [2.24, 2.45) is 7.05 Å². The number of nitrogens with zero attached hydrogens (tertiary/aromatic N) is 4. The van der Waals surface area contributed by atoms with E-state index in [1.807, 2.05) is 24.3 Å². The number of anilines is 1. The van der Waals surface area contributed by atoms with Gasteiger partial charge in [0.05, 0.1) is 37.7 Å². The number of aromatic nitrogens is 3. The van der Waals surface area contributed by atoms with E-state index >= 15 is 0 Å². The molecule has 0 unspecified atom stereocenters. The van der Waals surface area contributed by atoms with Crippen molar-refractivity contribution >= 4 is 45.0 Å². The molecule has 2 heterocycles. The summed E-state index contributed by atoms with van der Waals surface area (Å²) in [7, 11) is 7.96. The molecule has 5 rings (SSSR count). The van der Waals surface area contributed by atoms with Crippen LogP contribution in [0.5, 0.6) is 17.2 Å². The van der Waals surface area contributed by atoms with Crippen molar-refractivity contribution in [3.63, 3.8) is 0 Å². The van der Waals surface area contributed by atoms with Gasteiger partial charge in [-0.2, -0.15) is 9.78 Å². The minimum absolute atomic E-state index is 0.101. The molecular formula is C28H25ClN4O5. The molecule has 0 spiro atoms. The highest BCUT2D eigenvalue weighted by Gasteiger charge is 2.27. The number of carbonyl (C=O) groups is 1. The van der Waals surface area contributed by atoms with Gasteiger partial charge in [0.2, 0.25) is 0 Å². The van der Waals surface area contributed by atoms with E-state index in [0.29, 0.717) is 44.5 Å². The van der Waals surface area contributed by atoms with E-state index in [0.717, 1.165) is 10.9 Å². The molecule has 0 saturated heterocycles. The van der Waals surface area contributed by atoms with Crippen LogP contribution in [0.2, 0.25) is 5.02 Å². The van der Waals surface area contributed by atoms with Crippen LogP contribution in [0.3, 0.4) is 0 Å². The Hall–Kier alpha value is -4.50. The van der Waals surface area contributed by atoms with Crippen molar-refractivity contribution in [1.29, 1.82) is 0 Å². The normalized spacial score (nSPS) is 11.1. The van der Waals surface area contributed by atoms with Crippen LogP contribution in [-0.4, -0.2) is 48.6 Å². The second kappa shape index (κ2) is 9.75. The quantitative estimate of drug-likeness (QED) is 0.311. The number of benzene rings is 3. The van der Waals surface area contributed by atoms with Gasteiger partial charge in [-0.3, -0.25) is 9.59 Å². The molecule has 0 fully saturated rings. The van der Waals surface area contributed by atoms with Gasteiger partial charge in [-0.1, -0.05) is 29.8 Å². The van der Waals surface area contributed by atoms with Gasteiger partial charge >= 0.3 is 0 Å². The summed E-state index contributed by atoms with van der Waals surface area (Å²) in [5, 5.41) is 6.13. The Morgan fingerprint density at radius 2 is 1.63 bits per heavy atom. The molecule has 0 aliphatic heterocycles. The molecule has 5 aromatic rings. The number of carbonyl (C=O) groups excluding carboxylic acids is 1. The Labute approximate surface area is 223 Å². The van der Waals surface area contributed by atoms with E-state index in [-0.39, 0.29) is 11.3 Å². The Morgan fingerprint density at radius 1 is 0.947 bits per heavy atom. The van der Waals surface area contributed by atoms with Gasteiger partial charge in [0.15, 0.2) is 5.69 Å². The number of methoxy groups -OCH3 is 3. The van der Waals surface area contributed by atoms with E-state index < -0.39 is 5.91 Å². The average molecular weight is 533 g/mol. The van der Waals surface area contributed by atoms with Gasteiger partial charge in [0.1, 0.15) is 22.8 Å². The third kappa shape index (κ3) is 3.92. The van der Waals surface area contributed by atoms with Crippen LogP contribution in [0, 0.1) is 0 Å². The first-order chi connectivity index (χ1) is 18.3. The number of hydrogen-bond donors (Lipinski definition) is 0. The summed E-state index contributed by atoms with van der Waals surface area (Å²) in [6.45, 7) is 0. The third-order valence-electron chi connectivity index (χ3n) is 6.58. The number of rotatable bonds is 6. The van der Waals surface area contributed by atoms with Crippen LogP contribution in [0.25, 0.3) is 27.5 Å². The molecule has 0 N–H and O–H groups in total. The van der Waals surface area contributed by atoms with Crippen molar-refractivity contribution in [2.45, 2.75) is 0 Å². The van der Waals surface area contributed by atoms with E-state index in [2.05, 4.69) is 5.10 Å². The number of hydrogen-bond acceptors (Lipinski definition) is 6. The number of aryl methyl sites for hydroxylation is 1. The lowest BCUT2D eigenvalue weighted by molar-refractivity contribution is 0.0988. The topological polar surface area (TPSA) is 87.8 Å². The number of fused-ring (bicyclic) bond motifs is 3. The number of halogens is 1. The van der Waals surface area contributed by atoms with E-state index in [1.54, 1.807) is 62.2 Å². The Morgan fingerprint density at radius 3 is 2.29 bits per heavy atom. The SMILES string of the molecule is COc1ccc(-n2nc(C(=O)N(C)c3cc(Cl)c(OC)cc3OC)c3c4ccccc4n(C)c3c2=O)cc1. The lowest BCUT2D eigenvalue weighted by Gasteiger charge is -2.21. The van der Waals surface area contributed by atoms with Crippen molar-refractivity contribution in [2.75, 3.05) is 33.3 Å². The third-order valence-corrected chi connectivity index (χ3v) is 6.87. The Balaban J connectivity index is 1.79. The molecule has 0 aliphatic rings. The van der Waals surface area contributed by atoms with Crippen molar-refractivity contribution in [3.05, 3.63) is 81.7 Å². The second-order valence-corrected chi connectivity index (χ2v) is 8.99. The summed E-state index contributed by atoms with van der Waals surface area (Å²) in [6.07, 6.45) is 0. The standard InChI is InChI=1S/C28H25ClN4O5/c1-31-20-9-7-6-8-18(20)24-25(27(34)32(2)21-14-19(29)22(37-4)15-23(21)38-5)30-33(28(35)26(24)31)16-10-12-17(36-3)13-11-16/h6-15H,1-5H3. The van der Waals surface area contributed by atoms with E-state index in [4.69, 9.17) is 25.8 Å². The molecule has 3 aromatic carbocycles. The zero-order valence-corrected chi connectivity index (χ0v) is 22.2. The molecule has 0 radical (unpaired) electrons. The highest BCUT2D eigenvalue weighted by atomic mass is 35.5. The fourth-order valence-electron chi connectivity index (χ4n) is 4.60. The molecule has 10 heteroatoms. The van der Waals surface area contributed by atoms with Gasteiger partial charge in [0, 0.05) is 36.5 Å². The first-order valence-electron chi connectivity index (χ1n) is 11.6. The van der Waals surface area contributed by atoms with Gasteiger partial charge in [-0.25, -0.2) is 0 Å². The van der Waals surface area contributed by atoms with Crippen molar-refractivity contribution < 1.29 is 19.0 Å². The summed E-state index contributed by atoms with van der Waals surface area (Å²) in [4.78, 5) is 29.3. The molecule has 2 aromatic heterocycles. The highest BCUT2D eigenvalue weighted by molar-refractivity contribution is 6.32. The molecule has 0 aliphatic carbocycles. The smallest absolute Gasteiger partial charge is 0.296 e. The molecular weight excluding hydrogens is 508 g/mol. The monoisotopic (exact) mass is 532 g/mol. The maximum Gasteiger partial charge on any atom is 0.296 e. The van der Waals surface area contributed by atoms with E-state index in [1.165, 1.54) is 23.8 Å². The molecule has 38 heavy (non-hydrogen) atoms. The van der Waals surface area contributed by atoms with Gasteiger partial charge in [-0.15, -0.1) is 0 Å². The molecule has 1 amide bonds. The van der Waals surface area contributed by atoms with Crippen LogP contribution in [0.4, 0.5) is 5.69 Å². The molecule has 0 atom stereocenters. The lowest BCUT2D eigenvalue weighted by Crippen LogP contribution is -2.32. The van der Waals surface area contributed by atoms with Crippen LogP contribution in [0.15, 0.2) is 65.5 Å². The summed E-state index contributed by atoms with van der Waals surface area (Å²) < 4.78 is 19.1. The lowest BCUT2D eigenvalue weighted by atomic mass is 10.1. The summed E-state index contributed by atoms with van der Waals surface area (Å²) in [5.74, 6) is 0.982. The first kappa shape index (κ1) is 25.2. The van der Waals surface area contributed by atoms with Gasteiger partial charge in [-0.05, 0) is 36.4 Å². The fourth-order valence-corrected chi connectivity index (χ4v) is 4.84. The zero-order valence-electron chi connectivity index (χ0n) is 21.5. The Kier molecular flexibility index (Phi) is 6.46. The number of ether oxygens (including phenoxy) is 3. The maximum atomic E-state index is 14.1. The van der Waals surface area contributed by atoms with Crippen LogP contribution < -0.4 is 24.7 Å². The summed E-state index contributed by atoms with van der Waals surface area (Å²) >= 11 is 6.39. The van der Waals surface area contributed by atoms with Crippen LogP contribution in [0.1, 0.15) is 10.5 Å². The van der Waals surface area contributed by atoms with Crippen molar-refractivity contribution in [1.82, 2.24) is 14.3 Å².